The Kier molecular flexibility index (Phi) is 3.31. The van der Waals surface area contributed by atoms with Gasteiger partial charge in [-0.3, -0.25) is 9.59 Å². The van der Waals surface area contributed by atoms with Crippen LogP contribution in [0.25, 0.3) is 0 Å². The number of nitrogen functional groups attached to an aromatic ring is 1. The Morgan fingerprint density at radius 2 is 1.59 bits per heavy atom. The molecule has 5 nitrogen and oxygen atoms in total. The Morgan fingerprint density at radius 3 is 2.14 bits per heavy atom. The van der Waals surface area contributed by atoms with Gasteiger partial charge in [-0.15, -0.1) is 0 Å². The summed E-state index contributed by atoms with van der Waals surface area (Å²) in [7, 11) is 0. The van der Waals surface area contributed by atoms with Crippen molar-refractivity contribution in [3.63, 3.8) is 0 Å². The third-order valence-corrected chi connectivity index (χ3v) is 5.92. The van der Waals surface area contributed by atoms with Gasteiger partial charge in [-0.2, -0.15) is 0 Å². The van der Waals surface area contributed by atoms with E-state index < -0.39 is 5.92 Å². The van der Waals surface area contributed by atoms with Crippen LogP contribution in [-0.2, 0) is 4.79 Å². The molecule has 3 aliphatic carbocycles. The van der Waals surface area contributed by atoms with Crippen LogP contribution in [0, 0.1) is 17.8 Å². The quantitative estimate of drug-likeness (QED) is 0.837. The van der Waals surface area contributed by atoms with Crippen molar-refractivity contribution in [3.05, 3.63) is 11.4 Å². The lowest BCUT2D eigenvalue weighted by Crippen LogP contribution is -2.38. The van der Waals surface area contributed by atoms with Crippen molar-refractivity contribution in [3.8, 4) is 0 Å². The molecule has 1 aromatic heterocycles. The maximum absolute atomic E-state index is 12.9. The second-order valence-corrected chi connectivity index (χ2v) is 7.32. The Hall–Kier alpha value is -1.65. The average molecular weight is 301 g/mol. The summed E-state index contributed by atoms with van der Waals surface area (Å²) < 4.78 is 0. The van der Waals surface area contributed by atoms with Crippen molar-refractivity contribution in [1.82, 2.24) is 9.97 Å². The number of Topliss-reactive ketones (excluding diaryl/α,β-unsaturated/α-hetero) is 2. The molecule has 0 bridgehead atoms. The third kappa shape index (κ3) is 2.18. The van der Waals surface area contributed by atoms with Crippen molar-refractivity contribution in [2.24, 2.45) is 17.8 Å². The predicted octanol–water partition coefficient (Wildman–Crippen LogP) is 2.84. The van der Waals surface area contributed by atoms with Crippen LogP contribution in [0.3, 0.4) is 0 Å². The smallest absolute Gasteiger partial charge is 0.198 e. The molecule has 4 rings (SSSR count). The number of aromatic nitrogens is 2. The molecule has 3 N–H and O–H groups in total. The van der Waals surface area contributed by atoms with Crippen molar-refractivity contribution >= 4 is 17.5 Å². The third-order valence-electron chi connectivity index (χ3n) is 5.92. The van der Waals surface area contributed by atoms with E-state index in [9.17, 15) is 9.59 Å². The standard InChI is InChI=1S/C17H23N3O2/c18-17-19-13-11(7-9-3-1-4-9)15(21)12(8-10-5-2-6-10)16(22)14(13)20-17/h9-12H,1-8H2,(H3,18,19,20). The number of fused-ring (bicyclic) bond motifs is 1. The Bertz CT molecular complexity index is 613. The van der Waals surface area contributed by atoms with Crippen LogP contribution in [0.2, 0.25) is 0 Å². The maximum atomic E-state index is 12.9. The first-order chi connectivity index (χ1) is 10.6. The summed E-state index contributed by atoms with van der Waals surface area (Å²) in [5, 5.41) is 0. The second-order valence-electron chi connectivity index (χ2n) is 7.32. The van der Waals surface area contributed by atoms with Crippen molar-refractivity contribution < 1.29 is 9.59 Å². The summed E-state index contributed by atoms with van der Waals surface area (Å²) in [5.74, 6) is 0.737. The molecular weight excluding hydrogens is 278 g/mol. The fraction of sp³-hybridized carbons (Fsp3) is 0.706. The van der Waals surface area contributed by atoms with Crippen LogP contribution in [-0.4, -0.2) is 21.5 Å². The first kappa shape index (κ1) is 14.0. The maximum Gasteiger partial charge on any atom is 0.198 e. The van der Waals surface area contributed by atoms with Crippen LogP contribution in [0.4, 0.5) is 5.95 Å². The number of hydrogen-bond acceptors (Lipinski definition) is 4. The largest absolute Gasteiger partial charge is 0.369 e. The Morgan fingerprint density at radius 1 is 1.00 bits per heavy atom. The number of nitrogens with one attached hydrogen (secondary N) is 1. The number of carbonyl (C=O) groups excluding carboxylic acids is 2. The van der Waals surface area contributed by atoms with Crippen molar-refractivity contribution in [1.29, 1.82) is 0 Å². The van der Waals surface area contributed by atoms with E-state index in [4.69, 9.17) is 5.73 Å². The molecule has 2 atom stereocenters. The zero-order valence-corrected chi connectivity index (χ0v) is 12.8. The van der Waals surface area contributed by atoms with Crippen LogP contribution in [0.5, 0.6) is 0 Å². The van der Waals surface area contributed by atoms with Crippen LogP contribution in [0.1, 0.15) is 73.5 Å². The minimum Gasteiger partial charge on any atom is -0.369 e. The van der Waals surface area contributed by atoms with Gasteiger partial charge in [0, 0.05) is 0 Å². The number of carbonyl (C=O) groups is 2. The highest BCUT2D eigenvalue weighted by atomic mass is 16.2. The molecule has 1 heterocycles. The highest BCUT2D eigenvalue weighted by Gasteiger charge is 2.45. The van der Waals surface area contributed by atoms with E-state index in [2.05, 4.69) is 9.97 Å². The summed E-state index contributed by atoms with van der Waals surface area (Å²) in [4.78, 5) is 32.8. The number of H-pyrrole nitrogens is 1. The lowest BCUT2D eigenvalue weighted by Gasteiger charge is -2.35. The van der Waals surface area contributed by atoms with E-state index in [0.717, 1.165) is 19.3 Å². The number of imidazole rings is 1. The van der Waals surface area contributed by atoms with E-state index in [0.29, 0.717) is 29.6 Å². The van der Waals surface area contributed by atoms with Gasteiger partial charge in [0.2, 0.25) is 0 Å². The minimum atomic E-state index is -0.481. The zero-order valence-electron chi connectivity index (χ0n) is 12.8. The van der Waals surface area contributed by atoms with Gasteiger partial charge in [0.05, 0.1) is 17.5 Å². The van der Waals surface area contributed by atoms with Gasteiger partial charge in [0.1, 0.15) is 5.69 Å². The van der Waals surface area contributed by atoms with E-state index in [1.54, 1.807) is 0 Å². The number of nitrogens with two attached hydrogens (primary N) is 1. The van der Waals surface area contributed by atoms with Gasteiger partial charge in [0.25, 0.3) is 0 Å². The summed E-state index contributed by atoms with van der Waals surface area (Å²) in [6.07, 6.45) is 8.75. The molecule has 2 saturated carbocycles. The monoisotopic (exact) mass is 301 g/mol. The fourth-order valence-corrected chi connectivity index (χ4v) is 4.11. The number of anilines is 1. The molecule has 0 amide bonds. The lowest BCUT2D eigenvalue weighted by atomic mass is 9.68. The molecule has 3 aliphatic rings. The summed E-state index contributed by atoms with van der Waals surface area (Å²) in [5.41, 5.74) is 6.88. The van der Waals surface area contributed by atoms with Gasteiger partial charge in [0.15, 0.2) is 17.5 Å². The Labute approximate surface area is 130 Å². The van der Waals surface area contributed by atoms with Gasteiger partial charge in [-0.1, -0.05) is 38.5 Å². The SMILES string of the molecule is Nc1nc2c([nH]1)C(CC1CCC1)C(=O)C(CC1CCC1)C2=O. The summed E-state index contributed by atoms with van der Waals surface area (Å²) in [6, 6.07) is 0. The molecule has 118 valence electrons. The van der Waals surface area contributed by atoms with Crippen LogP contribution in [0.15, 0.2) is 0 Å². The van der Waals surface area contributed by atoms with E-state index >= 15 is 0 Å². The fourth-order valence-electron chi connectivity index (χ4n) is 4.11. The molecule has 5 heteroatoms. The van der Waals surface area contributed by atoms with E-state index in [1.165, 1.54) is 25.7 Å². The number of hydrogen-bond donors (Lipinski definition) is 2. The molecule has 0 aromatic carbocycles. The summed E-state index contributed by atoms with van der Waals surface area (Å²) >= 11 is 0. The number of rotatable bonds is 4. The predicted molar refractivity (Wildman–Crippen MR) is 82.5 cm³/mol. The molecule has 1 aromatic rings. The molecule has 2 unspecified atom stereocenters. The minimum absolute atomic E-state index is 0.107. The van der Waals surface area contributed by atoms with Crippen molar-refractivity contribution in [2.75, 3.05) is 5.73 Å². The van der Waals surface area contributed by atoms with Crippen LogP contribution >= 0.6 is 0 Å². The zero-order chi connectivity index (χ0) is 15.3. The van der Waals surface area contributed by atoms with Gasteiger partial charge in [-0.25, -0.2) is 4.98 Å². The highest BCUT2D eigenvalue weighted by molar-refractivity contribution is 6.15. The number of ketones is 2. The summed E-state index contributed by atoms with van der Waals surface area (Å²) in [6.45, 7) is 0. The van der Waals surface area contributed by atoms with E-state index in [1.807, 2.05) is 0 Å². The number of nitrogens with zero attached hydrogens (tertiary/aromatic N) is 1. The molecule has 0 radical (unpaired) electrons. The normalized spacial score (nSPS) is 29.1. The van der Waals surface area contributed by atoms with Gasteiger partial charge in [-0.05, 0) is 24.7 Å². The molecule has 2 fully saturated rings. The highest BCUT2D eigenvalue weighted by Crippen LogP contribution is 2.43. The van der Waals surface area contributed by atoms with Crippen molar-refractivity contribution in [2.45, 2.75) is 57.3 Å². The van der Waals surface area contributed by atoms with E-state index in [-0.39, 0.29) is 23.4 Å². The van der Waals surface area contributed by atoms with Gasteiger partial charge >= 0.3 is 0 Å². The molecule has 0 aliphatic heterocycles. The van der Waals surface area contributed by atoms with Gasteiger partial charge < -0.3 is 10.7 Å². The molecule has 0 spiro atoms. The topological polar surface area (TPSA) is 88.8 Å². The lowest BCUT2D eigenvalue weighted by molar-refractivity contribution is -0.124. The second kappa shape index (κ2) is 5.21. The molecular formula is C17H23N3O2. The van der Waals surface area contributed by atoms with Crippen LogP contribution < -0.4 is 5.73 Å². The first-order valence-electron chi connectivity index (χ1n) is 8.56. The molecule has 0 saturated heterocycles. The number of aromatic amines is 1. The Balaban J connectivity index is 1.64. The average Bonchev–Trinajstić information content (AvgIpc) is 2.76. The molecule has 22 heavy (non-hydrogen) atoms. The first-order valence-corrected chi connectivity index (χ1v) is 8.56.